The molecule has 16 heteroatoms. The van der Waals surface area contributed by atoms with Gasteiger partial charge in [-0.15, -0.1) is 0 Å². The van der Waals surface area contributed by atoms with Crippen LogP contribution in [0.4, 0.5) is 0 Å². The summed E-state index contributed by atoms with van der Waals surface area (Å²) < 4.78 is 32.4. The highest BCUT2D eigenvalue weighted by molar-refractivity contribution is 6.09. The third-order valence-electron chi connectivity index (χ3n) is 6.36. The van der Waals surface area contributed by atoms with Crippen LogP contribution in [0, 0.1) is 11.8 Å². The molecule has 2 fully saturated rings. The Morgan fingerprint density at radius 1 is 0.500 bits per heavy atom. The molecule has 2 heterocycles. The second kappa shape index (κ2) is 23.0. The fourth-order valence-electron chi connectivity index (χ4n) is 4.16. The number of hydrazine groups is 2. The van der Waals surface area contributed by atoms with Gasteiger partial charge in [0.05, 0.1) is 79.2 Å². The van der Waals surface area contributed by atoms with Crippen LogP contribution in [0.15, 0.2) is 0 Å². The first-order valence-corrected chi connectivity index (χ1v) is 15.6. The van der Waals surface area contributed by atoms with Gasteiger partial charge in [0.15, 0.2) is 0 Å². The van der Waals surface area contributed by atoms with E-state index in [9.17, 15) is 28.8 Å². The molecule has 0 atom stereocenters. The molecule has 0 N–H and O–H groups in total. The molecular formula is C30H46N4O12. The summed E-state index contributed by atoms with van der Waals surface area (Å²) >= 11 is 0. The van der Waals surface area contributed by atoms with E-state index < -0.39 is 35.4 Å². The highest BCUT2D eigenvalue weighted by Gasteiger charge is 2.38. The van der Waals surface area contributed by atoms with Crippen molar-refractivity contribution in [1.82, 2.24) is 20.0 Å². The zero-order valence-corrected chi connectivity index (χ0v) is 26.8. The number of rotatable bonds is 24. The van der Waals surface area contributed by atoms with Crippen LogP contribution in [0.5, 0.6) is 0 Å². The Balaban J connectivity index is 1.95. The highest BCUT2D eigenvalue weighted by atomic mass is 16.5. The smallest absolute Gasteiger partial charge is 0.318 e. The molecule has 0 radical (unpaired) electrons. The van der Waals surface area contributed by atoms with Crippen molar-refractivity contribution >= 4 is 35.4 Å². The molecule has 16 nitrogen and oxygen atoms in total. The van der Waals surface area contributed by atoms with E-state index in [4.69, 9.17) is 28.4 Å². The van der Waals surface area contributed by atoms with Crippen LogP contribution in [-0.4, -0.2) is 148 Å². The Bertz CT molecular complexity index is 964. The minimum atomic E-state index is -1.01. The minimum absolute atomic E-state index is 0.0517. The number of nitrogens with zero attached hydrogens (tertiary/aromatic N) is 4. The molecule has 46 heavy (non-hydrogen) atoms. The molecule has 0 aliphatic carbocycles. The normalized spacial score (nSPS) is 14.7. The molecule has 0 aromatic carbocycles. The molecule has 0 saturated carbocycles. The van der Waals surface area contributed by atoms with Gasteiger partial charge in [-0.25, -0.2) is 10.0 Å². The van der Waals surface area contributed by atoms with E-state index in [0.717, 1.165) is 22.9 Å². The van der Waals surface area contributed by atoms with Gasteiger partial charge in [0.2, 0.25) is 23.6 Å². The zero-order valence-electron chi connectivity index (χ0n) is 26.8. The highest BCUT2D eigenvalue weighted by Crippen LogP contribution is 2.16. The van der Waals surface area contributed by atoms with Gasteiger partial charge >= 0.3 is 11.8 Å². The van der Waals surface area contributed by atoms with Crippen molar-refractivity contribution in [1.29, 1.82) is 0 Å². The monoisotopic (exact) mass is 654 g/mol. The average molecular weight is 655 g/mol. The minimum Gasteiger partial charge on any atom is -0.379 e. The largest absolute Gasteiger partial charge is 0.379 e. The molecule has 2 rings (SSSR count). The van der Waals surface area contributed by atoms with E-state index in [2.05, 4.69) is 11.8 Å². The second-order valence-electron chi connectivity index (χ2n) is 9.98. The Morgan fingerprint density at radius 2 is 0.761 bits per heavy atom. The van der Waals surface area contributed by atoms with Crippen molar-refractivity contribution in [3.63, 3.8) is 0 Å². The summed E-state index contributed by atoms with van der Waals surface area (Å²) in [6.45, 7) is 7.45. The molecule has 0 unspecified atom stereocenters. The van der Waals surface area contributed by atoms with Crippen molar-refractivity contribution in [2.24, 2.45) is 0 Å². The number of hydrogen-bond acceptors (Lipinski definition) is 12. The van der Waals surface area contributed by atoms with Gasteiger partial charge in [0, 0.05) is 50.7 Å². The van der Waals surface area contributed by atoms with E-state index in [1.165, 1.54) is 0 Å². The lowest BCUT2D eigenvalue weighted by molar-refractivity contribution is -0.167. The van der Waals surface area contributed by atoms with Gasteiger partial charge in [-0.3, -0.25) is 28.8 Å². The molecule has 6 amide bonds. The van der Waals surface area contributed by atoms with Gasteiger partial charge in [-0.2, -0.15) is 10.0 Å². The molecule has 2 saturated heterocycles. The number of imide groups is 2. The van der Waals surface area contributed by atoms with Crippen LogP contribution in [0.1, 0.15) is 52.4 Å². The van der Waals surface area contributed by atoms with Gasteiger partial charge < -0.3 is 28.4 Å². The second-order valence-corrected chi connectivity index (χ2v) is 9.98. The summed E-state index contributed by atoms with van der Waals surface area (Å²) in [6.07, 6.45) is 1.53. The van der Waals surface area contributed by atoms with Crippen molar-refractivity contribution in [3.05, 3.63) is 0 Å². The van der Waals surface area contributed by atoms with E-state index in [1.807, 2.05) is 13.8 Å². The van der Waals surface area contributed by atoms with Crippen LogP contribution < -0.4 is 0 Å². The SMILES string of the molecule is CCCOCCOCCOCCN(C(=O)C#CC(=O)N(CCOCCOCCOCCC)N1C(=O)CCC1=O)N1C(=O)CCC1=O. The van der Waals surface area contributed by atoms with Crippen molar-refractivity contribution in [3.8, 4) is 11.8 Å². The summed E-state index contributed by atoms with van der Waals surface area (Å²) in [5, 5.41) is 3.04. The third kappa shape index (κ3) is 13.9. The van der Waals surface area contributed by atoms with Crippen molar-refractivity contribution < 1.29 is 57.2 Å². The first-order chi connectivity index (χ1) is 22.3. The molecule has 0 aromatic rings. The fourth-order valence-corrected chi connectivity index (χ4v) is 4.16. The predicted octanol–water partition coefficient (Wildman–Crippen LogP) is -0.305. The molecule has 2 aliphatic heterocycles. The van der Waals surface area contributed by atoms with Gasteiger partial charge in [0.1, 0.15) is 0 Å². The lowest BCUT2D eigenvalue weighted by atomic mass is 10.4. The summed E-state index contributed by atoms with van der Waals surface area (Å²) in [4.78, 5) is 75.7. The van der Waals surface area contributed by atoms with Gasteiger partial charge in [0.25, 0.3) is 0 Å². The molecule has 0 aromatic heterocycles. The number of hydrogen-bond donors (Lipinski definition) is 0. The topological polar surface area (TPSA) is 171 Å². The third-order valence-corrected chi connectivity index (χ3v) is 6.36. The fraction of sp³-hybridized carbons (Fsp3) is 0.733. The van der Waals surface area contributed by atoms with E-state index in [0.29, 0.717) is 49.7 Å². The zero-order chi connectivity index (χ0) is 33.6. The van der Waals surface area contributed by atoms with Gasteiger partial charge in [-0.05, 0) is 12.8 Å². The number of carbonyl (C=O) groups excluding carboxylic acids is 6. The number of carbonyl (C=O) groups is 6. The van der Waals surface area contributed by atoms with Crippen molar-refractivity contribution in [2.75, 3.05) is 92.4 Å². The summed E-state index contributed by atoms with van der Waals surface area (Å²) in [6, 6.07) is 0. The van der Waals surface area contributed by atoms with Crippen molar-refractivity contribution in [2.45, 2.75) is 52.4 Å². The van der Waals surface area contributed by atoms with Gasteiger partial charge in [-0.1, -0.05) is 13.8 Å². The standard InChI is InChI=1S/C30H46N4O12/c1-3-13-41-17-21-45-23-19-43-15-11-31(33-27(37)7-8-28(33)38)25(35)5-6-26(36)32(34-29(39)9-10-30(34)40)12-16-44-20-24-46-22-18-42-14-4-2/h3-4,7-24H2,1-2H3. The molecule has 0 bridgehead atoms. The van der Waals surface area contributed by atoms with Crippen LogP contribution >= 0.6 is 0 Å². The molecule has 258 valence electrons. The lowest BCUT2D eigenvalue weighted by Crippen LogP contribution is -2.51. The van der Waals surface area contributed by atoms with Crippen LogP contribution in [0.3, 0.4) is 0 Å². The Morgan fingerprint density at radius 3 is 1.04 bits per heavy atom. The lowest BCUT2D eigenvalue weighted by Gasteiger charge is -2.28. The molecule has 2 aliphatic rings. The first kappa shape index (κ1) is 38.7. The summed E-state index contributed by atoms with van der Waals surface area (Å²) in [5.41, 5.74) is 0. The predicted molar refractivity (Wildman–Crippen MR) is 159 cm³/mol. The Hall–Kier alpha value is -3.46. The summed E-state index contributed by atoms with van der Waals surface area (Å²) in [7, 11) is 0. The molecule has 0 spiro atoms. The quantitative estimate of drug-likeness (QED) is 0.0757. The number of ether oxygens (including phenoxy) is 6. The maximum atomic E-state index is 13.1. The van der Waals surface area contributed by atoms with E-state index in [-0.39, 0.29) is 78.4 Å². The molecular weight excluding hydrogens is 608 g/mol. The average Bonchev–Trinajstić information content (AvgIpc) is 3.56. The Labute approximate surface area is 269 Å². The van der Waals surface area contributed by atoms with Crippen LogP contribution in [0.2, 0.25) is 0 Å². The summed E-state index contributed by atoms with van der Waals surface area (Å²) in [5.74, 6) is -0.108. The maximum absolute atomic E-state index is 13.1. The van der Waals surface area contributed by atoms with E-state index in [1.54, 1.807) is 0 Å². The maximum Gasteiger partial charge on any atom is 0.318 e. The Kier molecular flexibility index (Phi) is 19.3. The first-order valence-electron chi connectivity index (χ1n) is 15.6. The van der Waals surface area contributed by atoms with Crippen LogP contribution in [-0.2, 0) is 57.2 Å². The van der Waals surface area contributed by atoms with Crippen LogP contribution in [0.25, 0.3) is 0 Å². The number of amides is 6. The van der Waals surface area contributed by atoms with E-state index >= 15 is 0 Å².